The lowest BCUT2D eigenvalue weighted by molar-refractivity contribution is -0.154. The van der Waals surface area contributed by atoms with E-state index in [1.54, 1.807) is 0 Å². The zero-order valence-electron chi connectivity index (χ0n) is 34.1. The molecule has 0 heterocycles. The molecule has 50 heavy (non-hydrogen) atoms. The fourth-order valence-corrected chi connectivity index (χ4v) is 6.53. The largest absolute Gasteiger partial charge is 0.466 e. The monoisotopic (exact) mass is 708 g/mol. The fourth-order valence-electron chi connectivity index (χ4n) is 6.53. The van der Waals surface area contributed by atoms with Crippen molar-refractivity contribution in [2.24, 2.45) is 11.8 Å². The molecule has 0 spiro atoms. The highest BCUT2D eigenvalue weighted by Crippen LogP contribution is 2.15. The first-order valence-electron chi connectivity index (χ1n) is 21.9. The van der Waals surface area contributed by atoms with Crippen molar-refractivity contribution in [2.75, 3.05) is 13.2 Å². The summed E-state index contributed by atoms with van der Waals surface area (Å²) in [6.07, 6.45) is 35.2. The van der Waals surface area contributed by atoms with Crippen molar-refractivity contribution in [3.63, 3.8) is 0 Å². The SMILES string of the molecule is CCCCCCCCCCCCCC(=O)N[C@@H](CC(=O)OCCCCCCCCCCC(C)C)C(=O)OCCCCCCCCCCC(C)C. The Morgan fingerprint density at radius 3 is 1.24 bits per heavy atom. The molecule has 1 atom stereocenters. The van der Waals surface area contributed by atoms with Gasteiger partial charge in [0.15, 0.2) is 0 Å². The number of rotatable bonds is 38. The molecule has 0 aromatic heterocycles. The molecule has 0 bridgehead atoms. The number of carbonyl (C=O) groups excluding carboxylic acids is 3. The minimum absolute atomic E-state index is 0.171. The summed E-state index contributed by atoms with van der Waals surface area (Å²) in [5, 5.41) is 2.81. The fraction of sp³-hybridized carbons (Fsp3) is 0.932. The average molecular weight is 708 g/mol. The summed E-state index contributed by atoms with van der Waals surface area (Å²) >= 11 is 0. The first kappa shape index (κ1) is 48.4. The lowest BCUT2D eigenvalue weighted by Gasteiger charge is -2.17. The molecule has 296 valence electrons. The Morgan fingerprint density at radius 1 is 0.460 bits per heavy atom. The number of hydrogen-bond donors (Lipinski definition) is 1. The summed E-state index contributed by atoms with van der Waals surface area (Å²) in [6, 6.07) is -0.982. The second-order valence-corrected chi connectivity index (χ2v) is 16.0. The number of amides is 1. The van der Waals surface area contributed by atoms with Gasteiger partial charge < -0.3 is 14.8 Å². The molecule has 0 aliphatic heterocycles. The van der Waals surface area contributed by atoms with Crippen LogP contribution in [-0.2, 0) is 23.9 Å². The lowest BCUT2D eigenvalue weighted by Crippen LogP contribution is -2.43. The Kier molecular flexibility index (Phi) is 36.0. The van der Waals surface area contributed by atoms with Crippen molar-refractivity contribution in [3.8, 4) is 0 Å². The van der Waals surface area contributed by atoms with E-state index in [1.165, 1.54) is 128 Å². The van der Waals surface area contributed by atoms with Crippen LogP contribution in [0.2, 0.25) is 0 Å². The van der Waals surface area contributed by atoms with Crippen LogP contribution in [0.5, 0.6) is 0 Å². The van der Waals surface area contributed by atoms with E-state index in [1.807, 2.05) is 0 Å². The number of nitrogens with one attached hydrogen (secondary N) is 1. The number of hydrogen-bond acceptors (Lipinski definition) is 5. The highest BCUT2D eigenvalue weighted by molar-refractivity contribution is 5.88. The number of carbonyl (C=O) groups is 3. The van der Waals surface area contributed by atoms with Crippen molar-refractivity contribution in [3.05, 3.63) is 0 Å². The Balaban J connectivity index is 4.38. The topological polar surface area (TPSA) is 81.7 Å². The van der Waals surface area contributed by atoms with Crippen molar-refractivity contribution < 1.29 is 23.9 Å². The Hall–Kier alpha value is -1.59. The van der Waals surface area contributed by atoms with Crippen LogP contribution < -0.4 is 5.32 Å². The van der Waals surface area contributed by atoms with Crippen molar-refractivity contribution in [1.29, 1.82) is 0 Å². The first-order valence-corrected chi connectivity index (χ1v) is 21.9. The van der Waals surface area contributed by atoms with Crippen molar-refractivity contribution >= 4 is 17.8 Å². The zero-order chi connectivity index (χ0) is 36.9. The summed E-state index contributed by atoms with van der Waals surface area (Å²) in [5.41, 5.74) is 0. The van der Waals surface area contributed by atoms with Gasteiger partial charge >= 0.3 is 11.9 Å². The van der Waals surface area contributed by atoms with E-state index < -0.39 is 18.0 Å². The molecule has 0 aromatic rings. The second-order valence-electron chi connectivity index (χ2n) is 16.0. The van der Waals surface area contributed by atoms with Gasteiger partial charge in [-0.3, -0.25) is 9.59 Å². The van der Waals surface area contributed by atoms with Gasteiger partial charge in [0.1, 0.15) is 6.04 Å². The van der Waals surface area contributed by atoms with Gasteiger partial charge in [0.05, 0.1) is 19.6 Å². The smallest absolute Gasteiger partial charge is 0.329 e. The predicted octanol–water partition coefficient (Wildman–Crippen LogP) is 13.0. The first-order chi connectivity index (χ1) is 24.3. The van der Waals surface area contributed by atoms with Crippen molar-refractivity contribution in [2.45, 2.75) is 240 Å². The molecule has 0 saturated heterocycles. The molecule has 0 aromatic carbocycles. The summed E-state index contributed by atoms with van der Waals surface area (Å²) in [5.74, 6) is 0.443. The van der Waals surface area contributed by atoms with Crippen LogP contribution in [0.25, 0.3) is 0 Å². The molecular formula is C44H85NO5. The third-order valence-corrected chi connectivity index (χ3v) is 9.86. The molecule has 0 aliphatic rings. The summed E-state index contributed by atoms with van der Waals surface area (Å²) < 4.78 is 11.0. The van der Waals surface area contributed by atoms with E-state index in [9.17, 15) is 14.4 Å². The van der Waals surface area contributed by atoms with Crippen LogP contribution in [0, 0.1) is 11.8 Å². The maximum atomic E-state index is 13.0. The van der Waals surface area contributed by atoms with E-state index in [2.05, 4.69) is 39.9 Å². The number of esters is 2. The van der Waals surface area contributed by atoms with E-state index >= 15 is 0 Å². The molecule has 0 radical (unpaired) electrons. The highest BCUT2D eigenvalue weighted by atomic mass is 16.5. The maximum absolute atomic E-state index is 13.0. The highest BCUT2D eigenvalue weighted by Gasteiger charge is 2.26. The number of ether oxygens (including phenoxy) is 2. The molecule has 1 N–H and O–H groups in total. The van der Waals surface area contributed by atoms with E-state index in [-0.39, 0.29) is 12.3 Å². The van der Waals surface area contributed by atoms with Crippen LogP contribution in [0.15, 0.2) is 0 Å². The number of unbranched alkanes of at least 4 members (excludes halogenated alkanes) is 24. The Labute approximate surface area is 311 Å². The molecule has 0 unspecified atom stereocenters. The second kappa shape index (κ2) is 37.2. The van der Waals surface area contributed by atoms with Gasteiger partial charge in [-0.25, -0.2) is 4.79 Å². The van der Waals surface area contributed by atoms with Crippen LogP contribution in [0.1, 0.15) is 234 Å². The Morgan fingerprint density at radius 2 is 0.820 bits per heavy atom. The third kappa shape index (κ3) is 36.2. The molecule has 0 saturated carbocycles. The zero-order valence-corrected chi connectivity index (χ0v) is 34.1. The standard InChI is InChI=1S/C44H85NO5/c1-6-7-8-9-10-11-12-13-20-25-30-35-42(46)45-41(44(48)50-37-32-27-22-17-15-19-24-29-34-40(4)5)38-43(47)49-36-31-26-21-16-14-18-23-28-33-39(2)3/h39-41H,6-38H2,1-5H3,(H,45,46)/t41-/m0/s1. The minimum atomic E-state index is -0.982. The van der Waals surface area contributed by atoms with E-state index in [0.717, 1.165) is 69.6 Å². The molecule has 0 aliphatic carbocycles. The molecule has 6 heteroatoms. The maximum Gasteiger partial charge on any atom is 0.329 e. The van der Waals surface area contributed by atoms with Gasteiger partial charge in [0, 0.05) is 6.42 Å². The predicted molar refractivity (Wildman–Crippen MR) is 212 cm³/mol. The van der Waals surface area contributed by atoms with E-state index in [0.29, 0.717) is 19.6 Å². The lowest BCUT2D eigenvalue weighted by atomic mass is 10.0. The molecule has 6 nitrogen and oxygen atoms in total. The quantitative estimate of drug-likeness (QED) is 0.0510. The molecule has 1 amide bonds. The Bertz CT molecular complexity index is 768. The molecule has 0 rings (SSSR count). The van der Waals surface area contributed by atoms with Crippen LogP contribution in [-0.4, -0.2) is 37.1 Å². The molecule has 0 fully saturated rings. The summed E-state index contributed by atoms with van der Waals surface area (Å²) in [6.45, 7) is 12.1. The van der Waals surface area contributed by atoms with Crippen LogP contribution in [0.4, 0.5) is 0 Å². The van der Waals surface area contributed by atoms with Crippen LogP contribution in [0.3, 0.4) is 0 Å². The van der Waals surface area contributed by atoms with Gasteiger partial charge in [0.25, 0.3) is 0 Å². The van der Waals surface area contributed by atoms with Gasteiger partial charge in [-0.15, -0.1) is 0 Å². The normalized spacial score (nSPS) is 12.1. The van der Waals surface area contributed by atoms with Crippen LogP contribution >= 0.6 is 0 Å². The van der Waals surface area contributed by atoms with Gasteiger partial charge in [0.2, 0.25) is 5.91 Å². The van der Waals surface area contributed by atoms with Crippen molar-refractivity contribution in [1.82, 2.24) is 5.32 Å². The van der Waals surface area contributed by atoms with Gasteiger partial charge in [-0.1, -0.05) is 202 Å². The van der Waals surface area contributed by atoms with Gasteiger partial charge in [-0.2, -0.15) is 0 Å². The summed E-state index contributed by atoms with van der Waals surface area (Å²) in [7, 11) is 0. The van der Waals surface area contributed by atoms with Gasteiger partial charge in [-0.05, 0) is 31.1 Å². The average Bonchev–Trinajstić information content (AvgIpc) is 3.07. The molecular weight excluding hydrogens is 622 g/mol. The summed E-state index contributed by atoms with van der Waals surface area (Å²) in [4.78, 5) is 38.4. The van der Waals surface area contributed by atoms with E-state index in [4.69, 9.17) is 9.47 Å². The third-order valence-electron chi connectivity index (χ3n) is 9.86. The minimum Gasteiger partial charge on any atom is -0.466 e.